The monoisotopic (exact) mass is 285 g/mol. The van der Waals surface area contributed by atoms with Gasteiger partial charge in [0.05, 0.1) is 0 Å². The first-order valence-corrected chi connectivity index (χ1v) is 6.83. The molecule has 1 aromatic heterocycles. The van der Waals surface area contributed by atoms with Crippen molar-refractivity contribution in [3.05, 3.63) is 17.0 Å². The lowest BCUT2D eigenvalue weighted by Gasteiger charge is -2.05. The van der Waals surface area contributed by atoms with Gasteiger partial charge in [-0.1, -0.05) is 39.0 Å². The molecule has 0 aliphatic rings. The van der Waals surface area contributed by atoms with E-state index >= 15 is 0 Å². The highest BCUT2D eigenvalue weighted by Gasteiger charge is 1.95. The summed E-state index contributed by atoms with van der Waals surface area (Å²) in [6.45, 7) is 3.24. The molecule has 1 aromatic rings. The van der Waals surface area contributed by atoms with Crippen LogP contribution in [-0.4, -0.2) is 16.5 Å². The molecule has 0 aromatic carbocycles. The van der Waals surface area contributed by atoms with E-state index in [0.29, 0.717) is 0 Å². The van der Waals surface area contributed by atoms with Crippen molar-refractivity contribution in [1.29, 1.82) is 0 Å². The van der Waals surface area contributed by atoms with Crippen LogP contribution < -0.4 is 5.32 Å². The summed E-state index contributed by atoms with van der Waals surface area (Å²) in [4.78, 5) is 8.12. The Kier molecular flexibility index (Phi) is 7.14. The van der Waals surface area contributed by atoms with Crippen LogP contribution in [0.5, 0.6) is 0 Å². The largest absolute Gasteiger partial charge is 0.370 e. The van der Waals surface area contributed by atoms with Crippen LogP contribution in [0.3, 0.4) is 0 Å². The van der Waals surface area contributed by atoms with Gasteiger partial charge in [0, 0.05) is 12.6 Å². The predicted molar refractivity (Wildman–Crippen MR) is 71.6 cm³/mol. The topological polar surface area (TPSA) is 37.8 Å². The maximum Gasteiger partial charge on any atom is 0.130 e. The summed E-state index contributed by atoms with van der Waals surface area (Å²) in [5.74, 6) is 0.899. The lowest BCUT2D eigenvalue weighted by molar-refractivity contribution is 0.617. The molecule has 0 fully saturated rings. The quantitative estimate of drug-likeness (QED) is 0.579. The third kappa shape index (κ3) is 6.05. The lowest BCUT2D eigenvalue weighted by Crippen LogP contribution is -2.03. The maximum atomic E-state index is 4.13. The molecule has 0 saturated carbocycles. The molecular formula is C12H20BrN3. The summed E-state index contributed by atoms with van der Waals surface area (Å²) >= 11 is 3.32. The Labute approximate surface area is 106 Å². The van der Waals surface area contributed by atoms with Gasteiger partial charge < -0.3 is 5.32 Å². The van der Waals surface area contributed by atoms with Gasteiger partial charge >= 0.3 is 0 Å². The van der Waals surface area contributed by atoms with E-state index in [4.69, 9.17) is 0 Å². The van der Waals surface area contributed by atoms with Crippen molar-refractivity contribution in [2.75, 3.05) is 11.9 Å². The van der Waals surface area contributed by atoms with Crippen LogP contribution in [0.25, 0.3) is 0 Å². The van der Waals surface area contributed by atoms with E-state index in [1.54, 1.807) is 6.33 Å². The summed E-state index contributed by atoms with van der Waals surface area (Å²) in [5, 5.41) is 3.30. The summed E-state index contributed by atoms with van der Waals surface area (Å²) in [7, 11) is 0. The van der Waals surface area contributed by atoms with Crippen LogP contribution >= 0.6 is 15.9 Å². The second-order valence-corrected chi connectivity index (χ2v) is 4.73. The van der Waals surface area contributed by atoms with Gasteiger partial charge in [-0.25, -0.2) is 9.97 Å². The van der Waals surface area contributed by atoms with Crippen molar-refractivity contribution in [3.8, 4) is 0 Å². The van der Waals surface area contributed by atoms with Crippen LogP contribution in [0.2, 0.25) is 0 Å². The number of unbranched alkanes of at least 4 members (excludes halogenated alkanes) is 5. The summed E-state index contributed by atoms with van der Waals surface area (Å²) in [6, 6.07) is 1.90. The van der Waals surface area contributed by atoms with Crippen molar-refractivity contribution in [2.24, 2.45) is 0 Å². The highest BCUT2D eigenvalue weighted by Crippen LogP contribution is 2.10. The first kappa shape index (κ1) is 13.4. The van der Waals surface area contributed by atoms with E-state index in [1.165, 1.54) is 38.5 Å². The van der Waals surface area contributed by atoms with Crippen LogP contribution in [0.1, 0.15) is 45.4 Å². The fourth-order valence-electron chi connectivity index (χ4n) is 1.55. The number of hydrogen-bond donors (Lipinski definition) is 1. The van der Waals surface area contributed by atoms with Gasteiger partial charge in [-0.3, -0.25) is 0 Å². The van der Waals surface area contributed by atoms with Crippen LogP contribution in [0, 0.1) is 0 Å². The van der Waals surface area contributed by atoms with E-state index < -0.39 is 0 Å². The minimum atomic E-state index is 0.827. The average molecular weight is 286 g/mol. The number of aromatic nitrogens is 2. The minimum Gasteiger partial charge on any atom is -0.370 e. The van der Waals surface area contributed by atoms with Gasteiger partial charge in [-0.15, -0.1) is 0 Å². The molecule has 0 bridgehead atoms. The van der Waals surface area contributed by atoms with Gasteiger partial charge in [0.1, 0.15) is 16.7 Å². The fourth-order valence-corrected chi connectivity index (χ4v) is 1.86. The molecule has 0 amide bonds. The molecule has 3 nitrogen and oxygen atoms in total. The van der Waals surface area contributed by atoms with Gasteiger partial charge in [-0.2, -0.15) is 0 Å². The zero-order chi connectivity index (χ0) is 11.6. The Balaban J connectivity index is 2.03. The maximum absolute atomic E-state index is 4.13. The molecule has 0 radical (unpaired) electrons. The molecule has 0 spiro atoms. The number of anilines is 1. The summed E-state index contributed by atoms with van der Waals surface area (Å²) in [5.41, 5.74) is 0. The lowest BCUT2D eigenvalue weighted by atomic mass is 10.1. The second kappa shape index (κ2) is 8.50. The molecule has 4 heteroatoms. The predicted octanol–water partition coefficient (Wildman–Crippen LogP) is 4.01. The highest BCUT2D eigenvalue weighted by molar-refractivity contribution is 9.10. The summed E-state index contributed by atoms with van der Waals surface area (Å²) < 4.78 is 0.827. The van der Waals surface area contributed by atoms with Crippen molar-refractivity contribution in [1.82, 2.24) is 9.97 Å². The second-order valence-electron chi connectivity index (χ2n) is 3.92. The molecule has 0 unspecified atom stereocenters. The third-order valence-corrected chi connectivity index (χ3v) is 2.90. The van der Waals surface area contributed by atoms with Crippen LogP contribution in [0.4, 0.5) is 5.82 Å². The number of halogens is 1. The van der Waals surface area contributed by atoms with Gasteiger partial charge in [-0.05, 0) is 22.4 Å². The Morgan fingerprint density at radius 2 is 1.88 bits per heavy atom. The fraction of sp³-hybridized carbons (Fsp3) is 0.667. The molecule has 0 atom stereocenters. The SMILES string of the molecule is CCCCCCCCNc1cc(Br)ncn1. The van der Waals surface area contributed by atoms with Gasteiger partial charge in [0.15, 0.2) is 0 Å². The van der Waals surface area contributed by atoms with Crippen molar-refractivity contribution in [2.45, 2.75) is 45.4 Å². The van der Waals surface area contributed by atoms with Crippen LogP contribution in [-0.2, 0) is 0 Å². The number of rotatable bonds is 8. The van der Waals surface area contributed by atoms with Crippen LogP contribution in [0.15, 0.2) is 17.0 Å². The Bertz CT molecular complexity index is 291. The Morgan fingerprint density at radius 3 is 2.62 bits per heavy atom. The zero-order valence-electron chi connectivity index (χ0n) is 9.88. The molecule has 1 heterocycles. The van der Waals surface area contributed by atoms with E-state index in [9.17, 15) is 0 Å². The van der Waals surface area contributed by atoms with Crippen molar-refractivity contribution in [3.63, 3.8) is 0 Å². The van der Waals surface area contributed by atoms with E-state index in [2.05, 4.69) is 38.1 Å². The first-order valence-electron chi connectivity index (χ1n) is 6.04. The number of hydrogen-bond acceptors (Lipinski definition) is 3. The molecular weight excluding hydrogens is 266 g/mol. The normalized spacial score (nSPS) is 10.4. The molecule has 90 valence electrons. The van der Waals surface area contributed by atoms with E-state index in [-0.39, 0.29) is 0 Å². The van der Waals surface area contributed by atoms with Gasteiger partial charge in [0.25, 0.3) is 0 Å². The number of nitrogens with zero attached hydrogens (tertiary/aromatic N) is 2. The Morgan fingerprint density at radius 1 is 1.12 bits per heavy atom. The smallest absolute Gasteiger partial charge is 0.130 e. The average Bonchev–Trinajstić information content (AvgIpc) is 2.28. The van der Waals surface area contributed by atoms with Gasteiger partial charge in [0.2, 0.25) is 0 Å². The van der Waals surface area contributed by atoms with E-state index in [1.807, 2.05) is 6.07 Å². The molecule has 16 heavy (non-hydrogen) atoms. The zero-order valence-corrected chi connectivity index (χ0v) is 11.5. The molecule has 0 saturated heterocycles. The molecule has 0 aliphatic carbocycles. The minimum absolute atomic E-state index is 0.827. The Hall–Kier alpha value is -0.640. The third-order valence-electron chi connectivity index (χ3n) is 2.47. The molecule has 1 rings (SSSR count). The van der Waals surface area contributed by atoms with Crippen molar-refractivity contribution < 1.29 is 0 Å². The summed E-state index contributed by atoms with van der Waals surface area (Å²) in [6.07, 6.45) is 9.48. The van der Waals surface area contributed by atoms with Crippen molar-refractivity contribution >= 4 is 21.7 Å². The standard InChI is InChI=1S/C12H20BrN3/c1-2-3-4-5-6-7-8-14-12-9-11(13)15-10-16-12/h9-10H,2-8H2,1H3,(H,14,15,16). The molecule has 0 aliphatic heterocycles. The number of nitrogens with one attached hydrogen (secondary N) is 1. The van der Waals surface area contributed by atoms with E-state index in [0.717, 1.165) is 17.0 Å². The molecule has 1 N–H and O–H groups in total. The first-order chi connectivity index (χ1) is 7.83. The highest BCUT2D eigenvalue weighted by atomic mass is 79.9.